The van der Waals surface area contributed by atoms with Crippen LogP contribution >= 0.6 is 15.9 Å². The van der Waals surface area contributed by atoms with Crippen molar-refractivity contribution in [2.24, 2.45) is 0 Å². The molecular formula is C13H14BrN3. The molecular weight excluding hydrogens is 278 g/mol. The summed E-state index contributed by atoms with van der Waals surface area (Å²) in [6.07, 6.45) is 3.69. The fraction of sp³-hybridized carbons (Fsp3) is 0.231. The average molecular weight is 292 g/mol. The van der Waals surface area contributed by atoms with Gasteiger partial charge in [0.15, 0.2) is 0 Å². The molecule has 1 aromatic heterocycles. The molecule has 0 spiro atoms. The van der Waals surface area contributed by atoms with Crippen LogP contribution < -0.4 is 5.73 Å². The van der Waals surface area contributed by atoms with E-state index < -0.39 is 0 Å². The number of anilines is 1. The Morgan fingerprint density at radius 1 is 1.24 bits per heavy atom. The number of benzene rings is 1. The van der Waals surface area contributed by atoms with Crippen LogP contribution in [0.5, 0.6) is 0 Å². The van der Waals surface area contributed by atoms with E-state index in [9.17, 15) is 0 Å². The zero-order valence-corrected chi connectivity index (χ0v) is 11.2. The van der Waals surface area contributed by atoms with Gasteiger partial charge in [-0.05, 0) is 24.1 Å². The Hall–Kier alpha value is -1.42. The summed E-state index contributed by atoms with van der Waals surface area (Å²) in [4.78, 5) is 8.64. The number of nitrogen functional groups attached to an aromatic ring is 1. The van der Waals surface area contributed by atoms with Gasteiger partial charge in [0.05, 0.1) is 0 Å². The zero-order chi connectivity index (χ0) is 12.3. The highest BCUT2D eigenvalue weighted by molar-refractivity contribution is 9.10. The fourth-order valence-corrected chi connectivity index (χ4v) is 1.89. The summed E-state index contributed by atoms with van der Waals surface area (Å²) in [7, 11) is 0. The monoisotopic (exact) mass is 291 g/mol. The molecule has 0 aliphatic carbocycles. The van der Waals surface area contributed by atoms with Gasteiger partial charge in [-0.25, -0.2) is 9.97 Å². The second-order valence-corrected chi connectivity index (χ2v) is 4.76. The molecule has 0 aliphatic rings. The third-order valence-electron chi connectivity index (χ3n) is 2.50. The van der Waals surface area contributed by atoms with Gasteiger partial charge >= 0.3 is 0 Å². The quantitative estimate of drug-likeness (QED) is 0.942. The van der Waals surface area contributed by atoms with E-state index in [-0.39, 0.29) is 0 Å². The lowest BCUT2D eigenvalue weighted by Gasteiger charge is -2.06. The van der Waals surface area contributed by atoms with E-state index in [1.54, 1.807) is 6.20 Å². The maximum atomic E-state index is 5.96. The van der Waals surface area contributed by atoms with Crippen LogP contribution in [0.1, 0.15) is 19.2 Å². The van der Waals surface area contributed by atoms with E-state index in [1.807, 2.05) is 24.3 Å². The Balaban J connectivity index is 2.36. The predicted octanol–water partition coefficient (Wildman–Crippen LogP) is 3.44. The molecule has 1 heterocycles. The lowest BCUT2D eigenvalue weighted by atomic mass is 10.1. The number of nitrogens with zero attached hydrogens (tertiary/aromatic N) is 2. The molecule has 0 unspecified atom stereocenters. The number of aryl methyl sites for hydroxylation is 1. The van der Waals surface area contributed by atoms with Gasteiger partial charge in [0.2, 0.25) is 0 Å². The lowest BCUT2D eigenvalue weighted by molar-refractivity contribution is 0.838. The first kappa shape index (κ1) is 12.0. The Labute approximate surface area is 109 Å². The average Bonchev–Trinajstić information content (AvgIpc) is 2.31. The van der Waals surface area contributed by atoms with Gasteiger partial charge < -0.3 is 5.73 Å². The van der Waals surface area contributed by atoms with Gasteiger partial charge in [0.25, 0.3) is 0 Å². The summed E-state index contributed by atoms with van der Waals surface area (Å²) in [6, 6.07) is 7.96. The molecule has 2 rings (SSSR count). The third kappa shape index (κ3) is 2.82. The van der Waals surface area contributed by atoms with E-state index in [0.717, 1.165) is 34.3 Å². The minimum atomic E-state index is 0.547. The summed E-state index contributed by atoms with van der Waals surface area (Å²) in [5, 5.41) is 0. The molecule has 2 aromatic rings. The van der Waals surface area contributed by atoms with Gasteiger partial charge in [-0.15, -0.1) is 0 Å². The topological polar surface area (TPSA) is 51.8 Å². The predicted molar refractivity (Wildman–Crippen MR) is 73.6 cm³/mol. The van der Waals surface area contributed by atoms with Crippen LogP contribution in [0.15, 0.2) is 34.9 Å². The number of aromatic nitrogens is 2. The third-order valence-corrected chi connectivity index (χ3v) is 3.03. The number of hydrogen-bond donors (Lipinski definition) is 1. The van der Waals surface area contributed by atoms with Crippen LogP contribution in [0.25, 0.3) is 11.1 Å². The molecule has 0 atom stereocenters. The SMILES string of the molecule is CCCc1ncc(-c2ccc(Br)cc2)c(N)n1. The van der Waals surface area contributed by atoms with Crippen molar-refractivity contribution in [3.63, 3.8) is 0 Å². The molecule has 0 saturated heterocycles. The van der Waals surface area contributed by atoms with Crippen molar-refractivity contribution in [1.82, 2.24) is 9.97 Å². The number of rotatable bonds is 3. The summed E-state index contributed by atoms with van der Waals surface area (Å²) in [6.45, 7) is 2.10. The minimum Gasteiger partial charge on any atom is -0.383 e. The van der Waals surface area contributed by atoms with Crippen molar-refractivity contribution in [3.05, 3.63) is 40.8 Å². The molecule has 3 nitrogen and oxygen atoms in total. The number of hydrogen-bond acceptors (Lipinski definition) is 3. The maximum Gasteiger partial charge on any atom is 0.135 e. The molecule has 4 heteroatoms. The van der Waals surface area contributed by atoms with Gasteiger partial charge in [0, 0.05) is 22.7 Å². The van der Waals surface area contributed by atoms with Crippen molar-refractivity contribution < 1.29 is 0 Å². The molecule has 2 N–H and O–H groups in total. The van der Waals surface area contributed by atoms with E-state index in [4.69, 9.17) is 5.73 Å². The van der Waals surface area contributed by atoms with Gasteiger partial charge in [-0.3, -0.25) is 0 Å². The highest BCUT2D eigenvalue weighted by Gasteiger charge is 2.06. The fourth-order valence-electron chi connectivity index (χ4n) is 1.63. The van der Waals surface area contributed by atoms with E-state index in [0.29, 0.717) is 5.82 Å². The molecule has 0 fully saturated rings. The first-order chi connectivity index (χ1) is 8.20. The van der Waals surface area contributed by atoms with E-state index >= 15 is 0 Å². The van der Waals surface area contributed by atoms with Crippen molar-refractivity contribution in [2.75, 3.05) is 5.73 Å². The van der Waals surface area contributed by atoms with Crippen molar-refractivity contribution in [3.8, 4) is 11.1 Å². The molecule has 0 amide bonds. The Bertz CT molecular complexity index is 509. The van der Waals surface area contributed by atoms with Gasteiger partial charge in [0.1, 0.15) is 11.6 Å². The standard InChI is InChI=1S/C13H14BrN3/c1-2-3-12-16-8-11(13(15)17-12)9-4-6-10(14)7-5-9/h4-8H,2-3H2,1H3,(H2,15,16,17). The highest BCUT2D eigenvalue weighted by atomic mass is 79.9. The van der Waals surface area contributed by atoms with Crippen LogP contribution in [-0.2, 0) is 6.42 Å². The molecule has 0 radical (unpaired) electrons. The molecule has 0 aliphatic heterocycles. The normalized spacial score (nSPS) is 10.5. The summed E-state index contributed by atoms with van der Waals surface area (Å²) >= 11 is 3.41. The van der Waals surface area contributed by atoms with Crippen LogP contribution in [-0.4, -0.2) is 9.97 Å². The summed E-state index contributed by atoms with van der Waals surface area (Å²) in [5.41, 5.74) is 7.88. The number of nitrogens with two attached hydrogens (primary N) is 1. The summed E-state index contributed by atoms with van der Waals surface area (Å²) in [5.74, 6) is 1.36. The molecule has 1 aromatic carbocycles. The van der Waals surface area contributed by atoms with Crippen molar-refractivity contribution in [2.45, 2.75) is 19.8 Å². The molecule has 0 saturated carbocycles. The van der Waals surface area contributed by atoms with E-state index in [1.165, 1.54) is 0 Å². The Kier molecular flexibility index (Phi) is 3.74. The van der Waals surface area contributed by atoms with Crippen LogP contribution in [0.3, 0.4) is 0 Å². The second-order valence-electron chi connectivity index (χ2n) is 3.84. The smallest absolute Gasteiger partial charge is 0.135 e. The summed E-state index contributed by atoms with van der Waals surface area (Å²) < 4.78 is 1.04. The van der Waals surface area contributed by atoms with Gasteiger partial charge in [-0.2, -0.15) is 0 Å². The van der Waals surface area contributed by atoms with Crippen LogP contribution in [0.2, 0.25) is 0 Å². The first-order valence-electron chi connectivity index (χ1n) is 5.58. The largest absolute Gasteiger partial charge is 0.383 e. The molecule has 88 valence electrons. The Morgan fingerprint density at radius 3 is 2.53 bits per heavy atom. The van der Waals surface area contributed by atoms with Crippen LogP contribution in [0.4, 0.5) is 5.82 Å². The molecule has 0 bridgehead atoms. The second kappa shape index (κ2) is 5.27. The lowest BCUT2D eigenvalue weighted by Crippen LogP contribution is -2.01. The van der Waals surface area contributed by atoms with Crippen molar-refractivity contribution >= 4 is 21.7 Å². The van der Waals surface area contributed by atoms with Crippen LogP contribution in [0, 0.1) is 0 Å². The number of halogens is 1. The van der Waals surface area contributed by atoms with Gasteiger partial charge in [-0.1, -0.05) is 35.0 Å². The highest BCUT2D eigenvalue weighted by Crippen LogP contribution is 2.25. The van der Waals surface area contributed by atoms with Crippen molar-refractivity contribution in [1.29, 1.82) is 0 Å². The zero-order valence-electron chi connectivity index (χ0n) is 9.65. The molecule has 17 heavy (non-hydrogen) atoms. The van der Waals surface area contributed by atoms with E-state index in [2.05, 4.69) is 32.8 Å². The Morgan fingerprint density at radius 2 is 1.94 bits per heavy atom. The first-order valence-corrected chi connectivity index (χ1v) is 6.37. The minimum absolute atomic E-state index is 0.547. The maximum absolute atomic E-state index is 5.96.